The van der Waals surface area contributed by atoms with Gasteiger partial charge >= 0.3 is 12.0 Å². The summed E-state index contributed by atoms with van der Waals surface area (Å²) >= 11 is 0. The van der Waals surface area contributed by atoms with Crippen molar-refractivity contribution in [3.63, 3.8) is 0 Å². The summed E-state index contributed by atoms with van der Waals surface area (Å²) in [4.78, 5) is 28.5. The van der Waals surface area contributed by atoms with E-state index in [1.165, 1.54) is 4.90 Å². The minimum Gasteiger partial charge on any atom is -0.481 e. The van der Waals surface area contributed by atoms with Crippen molar-refractivity contribution in [2.75, 3.05) is 13.1 Å². The number of carbonyl (C=O) groups is 2. The number of piperidine rings is 1. The number of rotatable bonds is 4. The van der Waals surface area contributed by atoms with E-state index in [0.29, 0.717) is 25.3 Å². The van der Waals surface area contributed by atoms with Crippen LogP contribution >= 0.6 is 0 Å². The molecule has 1 aliphatic rings. The fourth-order valence-electron chi connectivity index (χ4n) is 2.22. The van der Waals surface area contributed by atoms with E-state index >= 15 is 0 Å². The molecule has 0 spiro atoms. The number of carboxylic acids is 1. The van der Waals surface area contributed by atoms with Gasteiger partial charge in [-0.05, 0) is 12.8 Å². The van der Waals surface area contributed by atoms with Crippen molar-refractivity contribution >= 4 is 12.0 Å². The van der Waals surface area contributed by atoms with Crippen molar-refractivity contribution in [1.29, 1.82) is 0 Å². The Morgan fingerprint density at radius 2 is 2.40 bits per heavy atom. The molecular formula is C13H19N3O4. The zero-order chi connectivity index (χ0) is 14.5. The first kappa shape index (κ1) is 14.4. The molecule has 7 heteroatoms. The molecule has 2 amide bonds. The second-order valence-electron chi connectivity index (χ2n) is 4.86. The van der Waals surface area contributed by atoms with Crippen LogP contribution in [0.4, 0.5) is 4.79 Å². The number of amides is 2. The van der Waals surface area contributed by atoms with Crippen molar-refractivity contribution in [3.05, 3.63) is 17.8 Å². The smallest absolute Gasteiger partial charge is 0.317 e. The lowest BCUT2D eigenvalue weighted by Gasteiger charge is -2.30. The van der Waals surface area contributed by atoms with E-state index in [1.807, 2.05) is 6.92 Å². The van der Waals surface area contributed by atoms with Crippen LogP contribution in [0.5, 0.6) is 0 Å². The number of carbonyl (C=O) groups excluding carboxylic acids is 1. The van der Waals surface area contributed by atoms with E-state index in [9.17, 15) is 9.59 Å². The van der Waals surface area contributed by atoms with Gasteiger partial charge in [-0.2, -0.15) is 0 Å². The summed E-state index contributed by atoms with van der Waals surface area (Å²) in [6, 6.07) is -0.271. The Hall–Kier alpha value is -2.05. The van der Waals surface area contributed by atoms with E-state index in [1.54, 1.807) is 6.20 Å². The molecule has 110 valence electrons. The van der Waals surface area contributed by atoms with Gasteiger partial charge in [0, 0.05) is 19.5 Å². The van der Waals surface area contributed by atoms with Crippen LogP contribution in [0.15, 0.2) is 10.6 Å². The van der Waals surface area contributed by atoms with Crippen LogP contribution in [0.2, 0.25) is 0 Å². The number of hydrogen-bond donors (Lipinski definition) is 2. The highest BCUT2D eigenvalue weighted by atomic mass is 16.4. The van der Waals surface area contributed by atoms with Gasteiger partial charge in [0.1, 0.15) is 5.76 Å². The van der Waals surface area contributed by atoms with Gasteiger partial charge in [-0.3, -0.25) is 4.79 Å². The molecule has 2 rings (SSSR count). The predicted octanol–water partition coefficient (Wildman–Crippen LogP) is 1.24. The molecule has 0 aromatic carbocycles. The van der Waals surface area contributed by atoms with Crippen LogP contribution in [-0.4, -0.2) is 40.1 Å². The van der Waals surface area contributed by atoms with Gasteiger partial charge in [0.15, 0.2) is 0 Å². The molecule has 0 bridgehead atoms. The van der Waals surface area contributed by atoms with Gasteiger partial charge in [0.25, 0.3) is 0 Å². The third-order valence-corrected chi connectivity index (χ3v) is 3.40. The third kappa shape index (κ3) is 3.49. The van der Waals surface area contributed by atoms with E-state index in [-0.39, 0.29) is 19.1 Å². The number of likely N-dealkylation sites (tertiary alicyclic amines) is 1. The van der Waals surface area contributed by atoms with Crippen molar-refractivity contribution < 1.29 is 19.1 Å². The number of aromatic nitrogens is 1. The third-order valence-electron chi connectivity index (χ3n) is 3.40. The van der Waals surface area contributed by atoms with E-state index in [2.05, 4.69) is 10.3 Å². The number of urea groups is 1. The molecule has 0 unspecified atom stereocenters. The maximum atomic E-state index is 12.0. The molecule has 0 saturated carbocycles. The maximum absolute atomic E-state index is 12.0. The Bertz CT molecular complexity index is 486. The zero-order valence-corrected chi connectivity index (χ0v) is 11.5. The van der Waals surface area contributed by atoms with Crippen molar-refractivity contribution in [2.45, 2.75) is 32.7 Å². The fraction of sp³-hybridized carbons (Fsp3) is 0.615. The highest BCUT2D eigenvalue weighted by Crippen LogP contribution is 2.16. The maximum Gasteiger partial charge on any atom is 0.317 e. The van der Waals surface area contributed by atoms with Crippen LogP contribution < -0.4 is 5.32 Å². The van der Waals surface area contributed by atoms with Crippen LogP contribution in [0.1, 0.15) is 31.4 Å². The summed E-state index contributed by atoms with van der Waals surface area (Å²) in [6.07, 6.45) is 3.73. The summed E-state index contributed by atoms with van der Waals surface area (Å²) < 4.78 is 5.39. The Morgan fingerprint density at radius 3 is 3.05 bits per heavy atom. The molecule has 2 heterocycles. The summed E-state index contributed by atoms with van der Waals surface area (Å²) in [5.74, 6) is -0.0779. The van der Waals surface area contributed by atoms with Gasteiger partial charge in [0.05, 0.1) is 18.7 Å². The molecule has 1 atom stereocenters. The first-order chi connectivity index (χ1) is 9.60. The quantitative estimate of drug-likeness (QED) is 0.865. The molecule has 2 N–H and O–H groups in total. The number of aliphatic carboxylic acids is 1. The molecular weight excluding hydrogens is 262 g/mol. The Balaban J connectivity index is 1.83. The lowest BCUT2D eigenvalue weighted by Crippen LogP contribution is -2.46. The number of carboxylic acid groups (broad SMARTS) is 1. The van der Waals surface area contributed by atoms with Crippen LogP contribution in [-0.2, 0) is 17.8 Å². The van der Waals surface area contributed by atoms with Crippen molar-refractivity contribution in [2.24, 2.45) is 5.92 Å². The highest BCUT2D eigenvalue weighted by Gasteiger charge is 2.28. The van der Waals surface area contributed by atoms with Gasteiger partial charge in [-0.1, -0.05) is 6.92 Å². The Labute approximate surface area is 117 Å². The van der Waals surface area contributed by atoms with Crippen LogP contribution in [0, 0.1) is 5.92 Å². The number of hydrogen-bond acceptors (Lipinski definition) is 4. The number of nitrogens with one attached hydrogen (secondary N) is 1. The lowest BCUT2D eigenvalue weighted by atomic mass is 9.99. The minimum absolute atomic E-state index is 0.215. The average molecular weight is 281 g/mol. The Kier molecular flexibility index (Phi) is 4.60. The normalized spacial score (nSPS) is 18.9. The van der Waals surface area contributed by atoms with Gasteiger partial charge in [-0.25, -0.2) is 9.78 Å². The number of aryl methyl sites for hydroxylation is 1. The van der Waals surface area contributed by atoms with Gasteiger partial charge < -0.3 is 19.7 Å². The number of oxazole rings is 1. The monoisotopic (exact) mass is 281 g/mol. The van der Waals surface area contributed by atoms with Crippen molar-refractivity contribution in [1.82, 2.24) is 15.2 Å². The molecule has 0 aliphatic carbocycles. The Morgan fingerprint density at radius 1 is 1.60 bits per heavy atom. The molecule has 1 aliphatic heterocycles. The lowest BCUT2D eigenvalue weighted by molar-refractivity contribution is -0.143. The molecule has 0 radical (unpaired) electrons. The first-order valence-electron chi connectivity index (χ1n) is 6.79. The molecule has 20 heavy (non-hydrogen) atoms. The molecule has 1 saturated heterocycles. The minimum atomic E-state index is -0.845. The highest BCUT2D eigenvalue weighted by molar-refractivity contribution is 5.76. The molecule has 7 nitrogen and oxygen atoms in total. The van der Waals surface area contributed by atoms with E-state index in [4.69, 9.17) is 9.52 Å². The summed E-state index contributed by atoms with van der Waals surface area (Å²) in [6.45, 7) is 3.02. The molecule has 1 aromatic heterocycles. The van der Waals surface area contributed by atoms with Gasteiger partial charge in [0.2, 0.25) is 5.89 Å². The topological polar surface area (TPSA) is 95.7 Å². The molecule has 1 fully saturated rings. The van der Waals surface area contributed by atoms with Gasteiger partial charge in [-0.15, -0.1) is 0 Å². The zero-order valence-electron chi connectivity index (χ0n) is 11.5. The fourth-order valence-corrected chi connectivity index (χ4v) is 2.22. The van der Waals surface area contributed by atoms with Crippen molar-refractivity contribution in [3.8, 4) is 0 Å². The average Bonchev–Trinajstić information content (AvgIpc) is 2.93. The second-order valence-corrected chi connectivity index (χ2v) is 4.86. The summed E-state index contributed by atoms with van der Waals surface area (Å²) in [7, 11) is 0. The summed E-state index contributed by atoms with van der Waals surface area (Å²) in [5, 5.41) is 11.7. The van der Waals surface area contributed by atoms with E-state index in [0.717, 1.165) is 12.2 Å². The molecule has 1 aromatic rings. The second kappa shape index (κ2) is 6.40. The number of nitrogens with zero attached hydrogens (tertiary/aromatic N) is 2. The standard InChI is InChI=1S/C13H19N3O4/c1-2-10-6-14-11(20-10)7-15-13(19)16-5-3-4-9(8-16)12(17)18/h6,9H,2-5,7-8H2,1H3,(H,15,19)(H,17,18)/t9-/m0/s1. The van der Waals surface area contributed by atoms with E-state index < -0.39 is 11.9 Å². The van der Waals surface area contributed by atoms with Crippen LogP contribution in [0.25, 0.3) is 0 Å². The van der Waals surface area contributed by atoms with Crippen LogP contribution in [0.3, 0.4) is 0 Å². The largest absolute Gasteiger partial charge is 0.481 e. The summed E-state index contributed by atoms with van der Waals surface area (Å²) in [5.41, 5.74) is 0. The SMILES string of the molecule is CCc1cnc(CNC(=O)N2CCC[C@H](C(=O)O)C2)o1. The predicted molar refractivity (Wildman–Crippen MR) is 70.0 cm³/mol. The first-order valence-corrected chi connectivity index (χ1v) is 6.79.